The molecule has 4 aromatic rings. The third kappa shape index (κ3) is 4.21. The minimum Gasteiger partial charge on any atom is -0.496 e. The molecule has 1 aromatic carbocycles. The molecule has 1 N–H and O–H groups in total. The van der Waals surface area contributed by atoms with Crippen LogP contribution in [0, 0.1) is 0 Å². The van der Waals surface area contributed by atoms with Crippen molar-refractivity contribution in [3.05, 3.63) is 98.7 Å². The second-order valence-corrected chi connectivity index (χ2v) is 7.68. The number of ether oxygens (including phenoxy) is 1. The molecule has 0 unspecified atom stereocenters. The number of nitrogens with one attached hydrogen (secondary N) is 1. The zero-order chi connectivity index (χ0) is 20.9. The molecule has 0 aliphatic heterocycles. The number of rotatable bonds is 7. The SMILES string of the molecule is COc1ccccc1CN(Cc1cccs1)C(=O)c1ccc(-c2ccco2)[nH]c1=O. The molecule has 3 heterocycles. The van der Waals surface area contributed by atoms with Gasteiger partial charge in [-0.3, -0.25) is 9.59 Å². The van der Waals surface area contributed by atoms with Gasteiger partial charge in [0.25, 0.3) is 11.5 Å². The lowest BCUT2D eigenvalue weighted by Crippen LogP contribution is -2.34. The number of hydrogen-bond acceptors (Lipinski definition) is 5. The molecule has 0 saturated heterocycles. The smallest absolute Gasteiger partial charge is 0.261 e. The molecule has 3 aromatic heterocycles. The number of furan rings is 1. The molecule has 0 aliphatic carbocycles. The van der Waals surface area contributed by atoms with E-state index in [1.165, 1.54) is 6.26 Å². The molecular formula is C23H20N2O4S. The van der Waals surface area contributed by atoms with Crippen LogP contribution in [0.5, 0.6) is 5.75 Å². The summed E-state index contributed by atoms with van der Waals surface area (Å²) in [5.41, 5.74) is 1.02. The molecule has 0 spiro atoms. The molecular weight excluding hydrogens is 400 g/mol. The van der Waals surface area contributed by atoms with E-state index in [1.807, 2.05) is 41.8 Å². The van der Waals surface area contributed by atoms with Crippen LogP contribution in [-0.2, 0) is 13.1 Å². The van der Waals surface area contributed by atoms with Crippen LogP contribution in [0.25, 0.3) is 11.5 Å². The number of para-hydroxylation sites is 1. The molecule has 30 heavy (non-hydrogen) atoms. The van der Waals surface area contributed by atoms with Gasteiger partial charge in [-0.05, 0) is 41.8 Å². The number of methoxy groups -OCH3 is 1. The van der Waals surface area contributed by atoms with Gasteiger partial charge in [-0.15, -0.1) is 11.3 Å². The zero-order valence-electron chi connectivity index (χ0n) is 16.3. The second kappa shape index (κ2) is 8.84. The van der Waals surface area contributed by atoms with Gasteiger partial charge in [0.15, 0.2) is 0 Å². The number of carbonyl (C=O) groups excluding carboxylic acids is 1. The van der Waals surface area contributed by atoms with E-state index in [1.54, 1.807) is 47.6 Å². The number of hydrogen-bond donors (Lipinski definition) is 1. The Hall–Kier alpha value is -3.58. The van der Waals surface area contributed by atoms with E-state index in [2.05, 4.69) is 4.98 Å². The average Bonchev–Trinajstić information content (AvgIpc) is 3.47. The lowest BCUT2D eigenvalue weighted by molar-refractivity contribution is 0.0729. The fourth-order valence-electron chi connectivity index (χ4n) is 3.22. The largest absolute Gasteiger partial charge is 0.496 e. The summed E-state index contributed by atoms with van der Waals surface area (Å²) in [6.45, 7) is 0.716. The number of nitrogens with zero attached hydrogens (tertiary/aromatic N) is 1. The Morgan fingerprint density at radius 3 is 2.63 bits per heavy atom. The van der Waals surface area contributed by atoms with Gasteiger partial charge in [0.2, 0.25) is 0 Å². The number of aromatic nitrogens is 1. The maximum Gasteiger partial charge on any atom is 0.261 e. The summed E-state index contributed by atoms with van der Waals surface area (Å²) in [4.78, 5) is 31.5. The first-order valence-electron chi connectivity index (χ1n) is 9.36. The number of aromatic amines is 1. The highest BCUT2D eigenvalue weighted by Crippen LogP contribution is 2.23. The quantitative estimate of drug-likeness (QED) is 0.476. The molecule has 152 valence electrons. The van der Waals surface area contributed by atoms with E-state index >= 15 is 0 Å². The van der Waals surface area contributed by atoms with E-state index in [0.29, 0.717) is 30.3 Å². The molecule has 0 bridgehead atoms. The summed E-state index contributed by atoms with van der Waals surface area (Å²) < 4.78 is 10.8. The Bertz CT molecular complexity index is 1180. The maximum absolute atomic E-state index is 13.3. The average molecular weight is 420 g/mol. The molecule has 6 nitrogen and oxygen atoms in total. The molecule has 0 aliphatic rings. The predicted molar refractivity (Wildman–Crippen MR) is 116 cm³/mol. The van der Waals surface area contributed by atoms with Crippen molar-refractivity contribution < 1.29 is 13.9 Å². The van der Waals surface area contributed by atoms with Crippen LogP contribution < -0.4 is 10.3 Å². The standard InChI is InChI=1S/C23H20N2O4S/c1-28-20-8-3-2-6-16(20)14-25(15-17-7-5-13-30-17)23(27)18-10-11-19(24-22(18)26)21-9-4-12-29-21/h2-13H,14-15H2,1H3,(H,24,26). The summed E-state index contributed by atoms with van der Waals surface area (Å²) in [6, 6.07) is 18.2. The lowest BCUT2D eigenvalue weighted by atomic mass is 10.1. The topological polar surface area (TPSA) is 75.5 Å². The van der Waals surface area contributed by atoms with Crippen LogP contribution in [-0.4, -0.2) is 22.9 Å². The van der Waals surface area contributed by atoms with Gasteiger partial charge in [0.1, 0.15) is 17.1 Å². The third-order valence-corrected chi connectivity index (χ3v) is 5.56. The van der Waals surface area contributed by atoms with Crippen LogP contribution in [0.4, 0.5) is 0 Å². The first-order chi connectivity index (χ1) is 14.7. The summed E-state index contributed by atoms with van der Waals surface area (Å²) in [5.74, 6) is 0.890. The molecule has 0 radical (unpaired) electrons. The van der Waals surface area contributed by atoms with Gasteiger partial charge in [-0.1, -0.05) is 24.3 Å². The summed E-state index contributed by atoms with van der Waals surface area (Å²) >= 11 is 1.57. The van der Waals surface area contributed by atoms with Crippen molar-refractivity contribution in [2.45, 2.75) is 13.1 Å². The van der Waals surface area contributed by atoms with Gasteiger partial charge in [0.05, 0.1) is 32.2 Å². The highest BCUT2D eigenvalue weighted by atomic mass is 32.1. The molecule has 0 fully saturated rings. The van der Waals surface area contributed by atoms with Crippen molar-refractivity contribution in [2.24, 2.45) is 0 Å². The van der Waals surface area contributed by atoms with E-state index in [9.17, 15) is 9.59 Å². The van der Waals surface area contributed by atoms with E-state index < -0.39 is 5.56 Å². The summed E-state index contributed by atoms with van der Waals surface area (Å²) in [7, 11) is 1.60. The van der Waals surface area contributed by atoms with Crippen molar-refractivity contribution in [3.8, 4) is 17.2 Å². The van der Waals surface area contributed by atoms with Crippen LogP contribution >= 0.6 is 11.3 Å². The maximum atomic E-state index is 13.3. The molecule has 0 saturated carbocycles. The Labute approximate surface area is 177 Å². The number of H-pyrrole nitrogens is 1. The third-order valence-electron chi connectivity index (χ3n) is 4.69. The first-order valence-corrected chi connectivity index (χ1v) is 10.2. The fourth-order valence-corrected chi connectivity index (χ4v) is 3.94. The van der Waals surface area contributed by atoms with E-state index in [0.717, 1.165) is 10.4 Å². The van der Waals surface area contributed by atoms with Crippen molar-refractivity contribution in [2.75, 3.05) is 7.11 Å². The van der Waals surface area contributed by atoms with Crippen molar-refractivity contribution in [1.29, 1.82) is 0 Å². The van der Waals surface area contributed by atoms with Crippen molar-refractivity contribution >= 4 is 17.2 Å². The number of benzene rings is 1. The Morgan fingerprint density at radius 2 is 1.93 bits per heavy atom. The number of carbonyl (C=O) groups is 1. The van der Waals surface area contributed by atoms with E-state index in [-0.39, 0.29) is 11.5 Å². The highest BCUT2D eigenvalue weighted by molar-refractivity contribution is 7.09. The van der Waals surface area contributed by atoms with Gasteiger partial charge >= 0.3 is 0 Å². The van der Waals surface area contributed by atoms with Crippen LogP contribution in [0.2, 0.25) is 0 Å². The van der Waals surface area contributed by atoms with Crippen LogP contribution in [0.15, 0.2) is 81.5 Å². The van der Waals surface area contributed by atoms with Crippen molar-refractivity contribution in [1.82, 2.24) is 9.88 Å². The van der Waals surface area contributed by atoms with Gasteiger partial charge in [-0.2, -0.15) is 0 Å². The molecule has 0 atom stereocenters. The Balaban J connectivity index is 1.66. The van der Waals surface area contributed by atoms with E-state index in [4.69, 9.17) is 9.15 Å². The minimum absolute atomic E-state index is 0.0803. The number of amides is 1. The van der Waals surface area contributed by atoms with Crippen molar-refractivity contribution in [3.63, 3.8) is 0 Å². The van der Waals surface area contributed by atoms with Crippen LogP contribution in [0.3, 0.4) is 0 Å². The Kier molecular flexibility index (Phi) is 5.81. The van der Waals surface area contributed by atoms with Crippen LogP contribution in [0.1, 0.15) is 20.8 Å². The Morgan fingerprint density at radius 1 is 1.07 bits per heavy atom. The monoisotopic (exact) mass is 420 g/mol. The van der Waals surface area contributed by atoms with Gasteiger partial charge < -0.3 is 19.0 Å². The normalized spacial score (nSPS) is 10.7. The summed E-state index contributed by atoms with van der Waals surface area (Å²) in [6.07, 6.45) is 1.53. The minimum atomic E-state index is -0.454. The number of thiophene rings is 1. The zero-order valence-corrected chi connectivity index (χ0v) is 17.1. The molecule has 4 rings (SSSR count). The number of pyridine rings is 1. The molecule has 7 heteroatoms. The lowest BCUT2D eigenvalue weighted by Gasteiger charge is -2.23. The molecule has 1 amide bonds. The second-order valence-electron chi connectivity index (χ2n) is 6.64. The first kappa shape index (κ1) is 19.7. The fraction of sp³-hybridized carbons (Fsp3) is 0.130. The predicted octanol–water partition coefficient (Wildman–Crippen LogP) is 4.55. The van der Waals surface area contributed by atoms with Gasteiger partial charge in [0, 0.05) is 10.4 Å². The summed E-state index contributed by atoms with van der Waals surface area (Å²) in [5, 5.41) is 1.96. The van der Waals surface area contributed by atoms with Gasteiger partial charge in [-0.25, -0.2) is 0 Å². The highest BCUT2D eigenvalue weighted by Gasteiger charge is 2.21.